The van der Waals surface area contributed by atoms with E-state index < -0.39 is 6.10 Å². The van der Waals surface area contributed by atoms with Gasteiger partial charge in [0.15, 0.2) is 6.10 Å². The van der Waals surface area contributed by atoms with Gasteiger partial charge in [0.1, 0.15) is 13.2 Å². The second-order valence-corrected chi connectivity index (χ2v) is 17.8. The summed E-state index contributed by atoms with van der Waals surface area (Å²) in [4.78, 5) is 37.9. The maximum atomic E-state index is 12.8. The Labute approximate surface area is 407 Å². The second-order valence-electron chi connectivity index (χ2n) is 17.8. The monoisotopic (exact) mass is 917 g/mol. The van der Waals surface area contributed by atoms with Crippen molar-refractivity contribution in [2.24, 2.45) is 0 Å². The molecule has 0 aliphatic carbocycles. The van der Waals surface area contributed by atoms with Gasteiger partial charge in [0.05, 0.1) is 0 Å². The summed E-state index contributed by atoms with van der Waals surface area (Å²) in [6.45, 7) is 6.44. The Hall–Kier alpha value is -3.67. The Balaban J connectivity index is 4.39. The molecule has 0 fully saturated rings. The van der Waals surface area contributed by atoms with Crippen LogP contribution in [0.2, 0.25) is 0 Å². The van der Waals surface area contributed by atoms with Gasteiger partial charge in [0.25, 0.3) is 0 Å². The van der Waals surface area contributed by atoms with Crippen molar-refractivity contribution in [1.82, 2.24) is 0 Å². The first-order chi connectivity index (χ1) is 32.5. The molecule has 0 saturated heterocycles. The Morgan fingerprint density at radius 1 is 0.318 bits per heavy atom. The van der Waals surface area contributed by atoms with Crippen molar-refractivity contribution in [1.29, 1.82) is 0 Å². The molecular formula is C60H100O6. The number of ether oxygens (including phenoxy) is 3. The van der Waals surface area contributed by atoms with E-state index in [9.17, 15) is 14.4 Å². The number of carbonyl (C=O) groups excluding carboxylic acids is 3. The lowest BCUT2D eigenvalue weighted by Crippen LogP contribution is -2.30. The molecule has 0 aliphatic heterocycles. The van der Waals surface area contributed by atoms with Gasteiger partial charge in [-0.25, -0.2) is 0 Å². The maximum absolute atomic E-state index is 12.8. The zero-order valence-corrected chi connectivity index (χ0v) is 42.9. The van der Waals surface area contributed by atoms with E-state index in [1.807, 2.05) is 0 Å². The highest BCUT2D eigenvalue weighted by Gasteiger charge is 2.19. The first kappa shape index (κ1) is 62.3. The summed E-state index contributed by atoms with van der Waals surface area (Å²) in [6, 6.07) is 0. The van der Waals surface area contributed by atoms with Crippen LogP contribution in [-0.2, 0) is 28.6 Å². The topological polar surface area (TPSA) is 78.9 Å². The van der Waals surface area contributed by atoms with Crippen LogP contribution in [0.3, 0.4) is 0 Å². The van der Waals surface area contributed by atoms with E-state index in [-0.39, 0.29) is 37.5 Å². The predicted octanol–water partition coefficient (Wildman–Crippen LogP) is 18.1. The van der Waals surface area contributed by atoms with Crippen LogP contribution in [-0.4, -0.2) is 37.2 Å². The molecule has 6 heteroatoms. The van der Waals surface area contributed by atoms with Gasteiger partial charge in [-0.3, -0.25) is 14.4 Å². The van der Waals surface area contributed by atoms with Gasteiger partial charge in [0.2, 0.25) is 0 Å². The van der Waals surface area contributed by atoms with Crippen molar-refractivity contribution in [3.05, 3.63) is 97.2 Å². The van der Waals surface area contributed by atoms with Gasteiger partial charge in [-0.05, 0) is 96.3 Å². The second kappa shape index (κ2) is 53.9. The first-order valence-electron chi connectivity index (χ1n) is 27.2. The van der Waals surface area contributed by atoms with Crippen molar-refractivity contribution in [3.63, 3.8) is 0 Å². The molecule has 0 aromatic rings. The first-order valence-corrected chi connectivity index (χ1v) is 27.2. The van der Waals surface area contributed by atoms with Crippen molar-refractivity contribution >= 4 is 17.9 Å². The van der Waals surface area contributed by atoms with Gasteiger partial charge in [-0.15, -0.1) is 0 Å². The molecule has 0 amide bonds. The van der Waals surface area contributed by atoms with Crippen LogP contribution in [0.1, 0.15) is 245 Å². The Morgan fingerprint density at radius 3 is 1.00 bits per heavy atom. The van der Waals surface area contributed by atoms with Crippen LogP contribution in [0.15, 0.2) is 97.2 Å². The number of unbranched alkanes of at least 4 members (excludes halogenated alkanes) is 21. The highest BCUT2D eigenvalue weighted by atomic mass is 16.6. The molecule has 0 saturated carbocycles. The van der Waals surface area contributed by atoms with Crippen molar-refractivity contribution in [2.45, 2.75) is 252 Å². The number of carbonyl (C=O) groups is 3. The minimum Gasteiger partial charge on any atom is -0.462 e. The molecule has 0 spiro atoms. The SMILES string of the molecule is CC/C=C\C/C=C\C/C=C\C/C=C\C/C=C\C/C=C\C/C=C\CCCC(=O)OCC(COC(=O)CCCCCCCCCC)OC(=O)CCCCCCCCC/C=C\CCCCCCCC. The van der Waals surface area contributed by atoms with E-state index in [0.29, 0.717) is 19.3 Å². The molecule has 0 aliphatic rings. The van der Waals surface area contributed by atoms with E-state index >= 15 is 0 Å². The third kappa shape index (κ3) is 51.3. The lowest BCUT2D eigenvalue weighted by molar-refractivity contribution is -0.167. The quantitative estimate of drug-likeness (QED) is 0.0262. The third-order valence-electron chi connectivity index (χ3n) is 11.3. The van der Waals surface area contributed by atoms with E-state index in [0.717, 1.165) is 89.9 Å². The molecule has 0 rings (SSSR count). The zero-order chi connectivity index (χ0) is 47.9. The molecule has 6 nitrogen and oxygen atoms in total. The Morgan fingerprint density at radius 2 is 0.606 bits per heavy atom. The maximum Gasteiger partial charge on any atom is 0.306 e. The highest BCUT2D eigenvalue weighted by Crippen LogP contribution is 2.14. The average Bonchev–Trinajstić information content (AvgIpc) is 3.31. The van der Waals surface area contributed by atoms with Crippen molar-refractivity contribution in [3.8, 4) is 0 Å². The number of hydrogen-bond acceptors (Lipinski definition) is 6. The molecule has 1 unspecified atom stereocenters. The van der Waals surface area contributed by atoms with E-state index in [4.69, 9.17) is 14.2 Å². The van der Waals surface area contributed by atoms with E-state index in [2.05, 4.69) is 118 Å². The lowest BCUT2D eigenvalue weighted by Gasteiger charge is -2.18. The van der Waals surface area contributed by atoms with Crippen LogP contribution < -0.4 is 0 Å². The molecule has 0 radical (unpaired) electrons. The fourth-order valence-electron chi connectivity index (χ4n) is 7.25. The normalized spacial score (nSPS) is 12.8. The molecule has 1 atom stereocenters. The van der Waals surface area contributed by atoms with Gasteiger partial charge in [0, 0.05) is 19.3 Å². The predicted molar refractivity (Wildman–Crippen MR) is 284 cm³/mol. The number of esters is 3. The Kier molecular flexibility index (Phi) is 50.9. The van der Waals surface area contributed by atoms with Crippen LogP contribution in [0, 0.1) is 0 Å². The van der Waals surface area contributed by atoms with Crippen LogP contribution in [0.4, 0.5) is 0 Å². The van der Waals surface area contributed by atoms with Gasteiger partial charge in [-0.1, -0.05) is 227 Å². The molecular weight excluding hydrogens is 817 g/mol. The van der Waals surface area contributed by atoms with Gasteiger partial charge >= 0.3 is 17.9 Å². The fourth-order valence-corrected chi connectivity index (χ4v) is 7.25. The van der Waals surface area contributed by atoms with Gasteiger partial charge in [-0.2, -0.15) is 0 Å². The third-order valence-corrected chi connectivity index (χ3v) is 11.3. The minimum atomic E-state index is -0.801. The molecule has 0 bridgehead atoms. The number of allylic oxidation sites excluding steroid dienone is 16. The summed E-state index contributed by atoms with van der Waals surface area (Å²) < 4.78 is 16.7. The summed E-state index contributed by atoms with van der Waals surface area (Å²) in [7, 11) is 0. The number of rotatable bonds is 48. The van der Waals surface area contributed by atoms with Crippen molar-refractivity contribution < 1.29 is 28.6 Å². The molecule has 0 N–H and O–H groups in total. The van der Waals surface area contributed by atoms with E-state index in [1.165, 1.54) is 109 Å². The van der Waals surface area contributed by atoms with Crippen LogP contribution in [0.5, 0.6) is 0 Å². The molecule has 0 aromatic carbocycles. The van der Waals surface area contributed by atoms with Crippen LogP contribution >= 0.6 is 0 Å². The van der Waals surface area contributed by atoms with Crippen LogP contribution in [0.25, 0.3) is 0 Å². The summed E-state index contributed by atoms with van der Waals surface area (Å²) in [5.74, 6) is -0.968. The summed E-state index contributed by atoms with van der Waals surface area (Å²) in [6.07, 6.45) is 71.2. The number of hydrogen-bond donors (Lipinski definition) is 0. The average molecular weight is 917 g/mol. The fraction of sp³-hybridized carbons (Fsp3) is 0.683. The largest absolute Gasteiger partial charge is 0.462 e. The van der Waals surface area contributed by atoms with Gasteiger partial charge < -0.3 is 14.2 Å². The molecule has 0 heterocycles. The Bertz CT molecular complexity index is 1330. The molecule has 0 aromatic heterocycles. The smallest absolute Gasteiger partial charge is 0.306 e. The highest BCUT2D eigenvalue weighted by molar-refractivity contribution is 5.71. The molecule has 376 valence electrons. The van der Waals surface area contributed by atoms with Crippen molar-refractivity contribution in [2.75, 3.05) is 13.2 Å². The summed E-state index contributed by atoms with van der Waals surface area (Å²) in [5, 5.41) is 0. The van der Waals surface area contributed by atoms with E-state index in [1.54, 1.807) is 0 Å². The minimum absolute atomic E-state index is 0.0968. The lowest BCUT2D eigenvalue weighted by atomic mass is 10.1. The molecule has 66 heavy (non-hydrogen) atoms. The zero-order valence-electron chi connectivity index (χ0n) is 42.9. The summed E-state index contributed by atoms with van der Waals surface area (Å²) in [5.41, 5.74) is 0. The standard InChI is InChI=1S/C60H100O6/c1-4-7-10-13-16-19-21-23-25-27-28-29-30-31-32-34-35-37-39-41-44-47-50-53-59(62)65-56-57(55-64-58(61)52-49-46-43-18-15-12-9-6-3)66-60(63)54-51-48-45-42-40-38-36-33-26-24-22-20-17-14-11-8-5-2/h7,10,16,19,23-26,28-29,31-32,35,37,41,44,57H,4-6,8-9,11-15,17-18,20-22,27,30,33-34,36,38-40,42-43,45-56H2,1-3H3/b10-7-,19-16-,25-23-,26-24-,29-28-,32-31-,37-35-,44-41-. The summed E-state index contributed by atoms with van der Waals surface area (Å²) >= 11 is 0.